The van der Waals surface area contributed by atoms with Crippen molar-refractivity contribution in [2.75, 3.05) is 5.75 Å². The molecule has 7 heteroatoms. The molecule has 0 bridgehead atoms. The lowest BCUT2D eigenvalue weighted by atomic mass is 10.0. The molecule has 130 valence electrons. The fraction of sp³-hybridized carbons (Fsp3) is 0.471. The Bertz CT molecular complexity index is 681. The van der Waals surface area contributed by atoms with Gasteiger partial charge in [0, 0.05) is 0 Å². The van der Waals surface area contributed by atoms with Crippen LogP contribution in [-0.4, -0.2) is 38.7 Å². The molecule has 0 fully saturated rings. The highest BCUT2D eigenvalue weighted by molar-refractivity contribution is 8.00. The van der Waals surface area contributed by atoms with Gasteiger partial charge in [-0.2, -0.15) is 0 Å². The van der Waals surface area contributed by atoms with Crippen LogP contribution in [-0.2, 0) is 9.59 Å². The minimum absolute atomic E-state index is 0.0107. The zero-order chi connectivity index (χ0) is 17.7. The molecule has 1 heterocycles. The number of fused-ring (bicyclic) bond motifs is 1. The Kier molecular flexibility index (Phi) is 6.25. The highest BCUT2D eigenvalue weighted by Crippen LogP contribution is 2.27. The number of carbonyl (C=O) groups is 2. The topological polar surface area (TPSA) is 95.1 Å². The second kappa shape index (κ2) is 8.19. The second-order valence-electron chi connectivity index (χ2n) is 6.18. The number of carbonyl (C=O) groups excluding carboxylic acids is 1. The SMILES string of the molecule is CC(C)C[C@@H](NC(=O)CSC(C)c1nc2ccccc2[nH]1)C(=O)O. The summed E-state index contributed by atoms with van der Waals surface area (Å²) in [6, 6.07) is 6.93. The number of carboxylic acid groups (broad SMARTS) is 1. The first-order valence-corrected chi connectivity index (χ1v) is 9.00. The first-order chi connectivity index (χ1) is 11.4. The van der Waals surface area contributed by atoms with Crippen LogP contribution in [0.2, 0.25) is 0 Å². The van der Waals surface area contributed by atoms with Crippen molar-refractivity contribution in [3.8, 4) is 0 Å². The van der Waals surface area contributed by atoms with E-state index in [-0.39, 0.29) is 22.8 Å². The van der Waals surface area contributed by atoms with E-state index in [1.165, 1.54) is 11.8 Å². The Morgan fingerprint density at radius 3 is 2.62 bits per heavy atom. The smallest absolute Gasteiger partial charge is 0.326 e. The van der Waals surface area contributed by atoms with Crippen LogP contribution < -0.4 is 5.32 Å². The number of aliphatic carboxylic acids is 1. The number of H-pyrrole nitrogens is 1. The predicted octanol–water partition coefficient (Wildman–Crippen LogP) is 2.97. The van der Waals surface area contributed by atoms with E-state index >= 15 is 0 Å². The standard InChI is InChI=1S/C17H23N3O3S/c1-10(2)8-14(17(22)23)18-15(21)9-24-11(3)16-19-12-6-4-5-7-13(12)20-16/h4-7,10-11,14H,8-9H2,1-3H3,(H,18,21)(H,19,20)(H,22,23)/t11?,14-/m1/s1. The number of aromatic amines is 1. The first kappa shape index (κ1) is 18.3. The maximum atomic E-state index is 12.0. The van der Waals surface area contributed by atoms with Crippen LogP contribution >= 0.6 is 11.8 Å². The van der Waals surface area contributed by atoms with Crippen LogP contribution in [0.4, 0.5) is 0 Å². The van der Waals surface area contributed by atoms with Crippen LogP contribution in [0.15, 0.2) is 24.3 Å². The number of thioether (sulfide) groups is 1. The summed E-state index contributed by atoms with van der Waals surface area (Å²) in [4.78, 5) is 31.0. The van der Waals surface area contributed by atoms with Crippen LogP contribution in [0.3, 0.4) is 0 Å². The van der Waals surface area contributed by atoms with Gasteiger partial charge >= 0.3 is 5.97 Å². The van der Waals surface area contributed by atoms with Crippen molar-refractivity contribution in [2.24, 2.45) is 5.92 Å². The molecule has 0 spiro atoms. The van der Waals surface area contributed by atoms with Gasteiger partial charge in [-0.3, -0.25) is 4.79 Å². The molecule has 6 nitrogen and oxygen atoms in total. The number of carboxylic acids is 1. The number of hydrogen-bond donors (Lipinski definition) is 3. The van der Waals surface area contributed by atoms with Gasteiger partial charge < -0.3 is 15.4 Å². The van der Waals surface area contributed by atoms with Gasteiger partial charge in [0.1, 0.15) is 11.9 Å². The molecule has 0 aliphatic rings. The number of hydrogen-bond acceptors (Lipinski definition) is 4. The van der Waals surface area contributed by atoms with Gasteiger partial charge in [0.05, 0.1) is 22.0 Å². The largest absolute Gasteiger partial charge is 0.480 e. The fourth-order valence-corrected chi connectivity index (χ4v) is 3.13. The van der Waals surface area contributed by atoms with Gasteiger partial charge in [0.15, 0.2) is 0 Å². The normalized spacial score (nSPS) is 13.8. The number of nitrogens with one attached hydrogen (secondary N) is 2. The van der Waals surface area contributed by atoms with Gasteiger partial charge in [0.2, 0.25) is 5.91 Å². The lowest BCUT2D eigenvalue weighted by Crippen LogP contribution is -2.42. The van der Waals surface area contributed by atoms with E-state index in [0.717, 1.165) is 16.9 Å². The van der Waals surface area contributed by atoms with Gasteiger partial charge in [0.25, 0.3) is 0 Å². The van der Waals surface area contributed by atoms with Gasteiger partial charge in [-0.05, 0) is 31.4 Å². The maximum Gasteiger partial charge on any atom is 0.326 e. The molecule has 0 saturated carbocycles. The van der Waals surface area contributed by atoms with Crippen molar-refractivity contribution in [3.63, 3.8) is 0 Å². The molecular weight excluding hydrogens is 326 g/mol. The van der Waals surface area contributed by atoms with Crippen molar-refractivity contribution < 1.29 is 14.7 Å². The van der Waals surface area contributed by atoms with Gasteiger partial charge in [-0.15, -0.1) is 11.8 Å². The van der Waals surface area contributed by atoms with Crippen molar-refractivity contribution >= 4 is 34.7 Å². The molecule has 0 radical (unpaired) electrons. The summed E-state index contributed by atoms with van der Waals surface area (Å²) < 4.78 is 0. The Hall–Kier alpha value is -2.02. The van der Waals surface area contributed by atoms with Crippen LogP contribution in [0.5, 0.6) is 0 Å². The molecule has 0 aliphatic heterocycles. The predicted molar refractivity (Wildman–Crippen MR) is 96.0 cm³/mol. The Morgan fingerprint density at radius 1 is 1.29 bits per heavy atom. The van der Waals surface area contributed by atoms with Crippen LogP contribution in [0, 0.1) is 5.92 Å². The van der Waals surface area contributed by atoms with Crippen molar-refractivity contribution in [1.82, 2.24) is 15.3 Å². The molecule has 0 saturated heterocycles. The lowest BCUT2D eigenvalue weighted by Gasteiger charge is -2.17. The highest BCUT2D eigenvalue weighted by Gasteiger charge is 2.21. The quantitative estimate of drug-likeness (QED) is 0.681. The number of amides is 1. The molecule has 1 aromatic carbocycles. The fourth-order valence-electron chi connectivity index (χ4n) is 2.37. The van der Waals surface area contributed by atoms with E-state index in [4.69, 9.17) is 0 Å². The number of nitrogens with zero attached hydrogens (tertiary/aromatic N) is 1. The van der Waals surface area contributed by atoms with E-state index in [2.05, 4.69) is 15.3 Å². The summed E-state index contributed by atoms with van der Waals surface area (Å²) >= 11 is 1.43. The minimum atomic E-state index is -0.993. The second-order valence-corrected chi connectivity index (χ2v) is 7.51. The first-order valence-electron chi connectivity index (χ1n) is 7.95. The molecule has 1 aromatic heterocycles. The molecular formula is C17H23N3O3S. The number of imidazole rings is 1. The number of benzene rings is 1. The van der Waals surface area contributed by atoms with E-state index < -0.39 is 12.0 Å². The molecule has 24 heavy (non-hydrogen) atoms. The van der Waals surface area contributed by atoms with Crippen molar-refractivity contribution in [1.29, 1.82) is 0 Å². The van der Waals surface area contributed by atoms with Crippen LogP contribution in [0.1, 0.15) is 38.3 Å². The average Bonchev–Trinajstić information content (AvgIpc) is 2.95. The Morgan fingerprint density at radius 2 is 2.00 bits per heavy atom. The molecule has 2 rings (SSSR count). The summed E-state index contributed by atoms with van der Waals surface area (Å²) in [5, 5.41) is 11.8. The van der Waals surface area contributed by atoms with Crippen LogP contribution in [0.25, 0.3) is 11.0 Å². The molecule has 0 aliphatic carbocycles. The number of para-hydroxylation sites is 2. The van der Waals surface area contributed by atoms with Gasteiger partial charge in [-0.25, -0.2) is 9.78 Å². The zero-order valence-electron chi connectivity index (χ0n) is 14.1. The zero-order valence-corrected chi connectivity index (χ0v) is 14.9. The minimum Gasteiger partial charge on any atom is -0.480 e. The van der Waals surface area contributed by atoms with E-state index in [1.807, 2.05) is 45.0 Å². The third-order valence-corrected chi connectivity index (χ3v) is 4.75. The average molecular weight is 349 g/mol. The maximum absolute atomic E-state index is 12.0. The van der Waals surface area contributed by atoms with E-state index in [0.29, 0.717) is 6.42 Å². The summed E-state index contributed by atoms with van der Waals surface area (Å²) in [6.07, 6.45) is 0.421. The van der Waals surface area contributed by atoms with Crippen molar-refractivity contribution in [2.45, 2.75) is 38.5 Å². The van der Waals surface area contributed by atoms with Gasteiger partial charge in [-0.1, -0.05) is 26.0 Å². The molecule has 1 unspecified atom stereocenters. The summed E-state index contributed by atoms with van der Waals surface area (Å²) in [6.45, 7) is 5.83. The summed E-state index contributed by atoms with van der Waals surface area (Å²) in [5.41, 5.74) is 1.86. The highest BCUT2D eigenvalue weighted by atomic mass is 32.2. The molecule has 2 atom stereocenters. The third kappa shape index (κ3) is 4.99. The molecule has 1 amide bonds. The summed E-state index contributed by atoms with van der Waals surface area (Å²) in [7, 11) is 0. The lowest BCUT2D eigenvalue weighted by molar-refractivity contribution is -0.141. The van der Waals surface area contributed by atoms with E-state index in [9.17, 15) is 14.7 Å². The third-order valence-electron chi connectivity index (χ3n) is 3.60. The van der Waals surface area contributed by atoms with E-state index in [1.54, 1.807) is 0 Å². The number of aromatic nitrogens is 2. The number of rotatable bonds is 8. The summed E-state index contributed by atoms with van der Waals surface area (Å²) in [5.74, 6) is -0.0528. The molecule has 2 aromatic rings. The molecule has 3 N–H and O–H groups in total. The Labute approximate surface area is 145 Å². The Balaban J connectivity index is 1.89. The van der Waals surface area contributed by atoms with Crippen molar-refractivity contribution in [3.05, 3.63) is 30.1 Å². The monoisotopic (exact) mass is 349 g/mol.